The summed E-state index contributed by atoms with van der Waals surface area (Å²) in [5.41, 5.74) is 0.686. The average molecular weight is 289 g/mol. The molecular weight excluding hydrogens is 270 g/mol. The molecule has 0 unspecified atom stereocenters. The van der Waals surface area contributed by atoms with Gasteiger partial charge in [-0.05, 0) is 31.9 Å². The lowest BCUT2D eigenvalue weighted by Gasteiger charge is -2.15. The molecule has 0 radical (unpaired) electrons. The normalized spacial score (nSPS) is 14.6. The minimum absolute atomic E-state index is 0.218. The van der Waals surface area contributed by atoms with E-state index < -0.39 is 0 Å². The molecule has 8 heteroatoms. The topological polar surface area (TPSA) is 87.4 Å². The van der Waals surface area contributed by atoms with Crippen molar-refractivity contribution in [1.29, 1.82) is 0 Å². The number of nitrogens with one attached hydrogen (secondary N) is 2. The Balaban J connectivity index is 1.78. The van der Waals surface area contributed by atoms with Crippen LogP contribution in [0.2, 0.25) is 0 Å². The van der Waals surface area contributed by atoms with E-state index in [-0.39, 0.29) is 6.03 Å². The Morgan fingerprint density at radius 1 is 1.24 bits per heavy atom. The number of rotatable bonds is 4. The number of aromatic nitrogens is 4. The Morgan fingerprint density at radius 3 is 2.81 bits per heavy atom. The Hall–Kier alpha value is -2.38. The molecular formula is C13H19N7O. The Bertz CT molecular complexity index is 632. The van der Waals surface area contributed by atoms with Gasteiger partial charge < -0.3 is 15.5 Å². The third-order valence-electron chi connectivity index (χ3n) is 3.49. The first-order valence-electron chi connectivity index (χ1n) is 7.26. The molecule has 2 N–H and O–H groups in total. The summed E-state index contributed by atoms with van der Waals surface area (Å²) in [4.78, 5) is 13.7. The second-order valence-electron chi connectivity index (χ2n) is 4.98. The van der Waals surface area contributed by atoms with Gasteiger partial charge in [0.2, 0.25) is 0 Å². The smallest absolute Gasteiger partial charge is 0.315 e. The zero-order valence-electron chi connectivity index (χ0n) is 12.0. The molecule has 2 aromatic heterocycles. The molecule has 0 saturated carbocycles. The van der Waals surface area contributed by atoms with Crippen molar-refractivity contribution < 1.29 is 4.79 Å². The number of hydrogen-bond acceptors (Lipinski definition) is 5. The van der Waals surface area contributed by atoms with Gasteiger partial charge in [0.1, 0.15) is 5.82 Å². The second-order valence-corrected chi connectivity index (χ2v) is 4.98. The van der Waals surface area contributed by atoms with Crippen molar-refractivity contribution in [3.63, 3.8) is 0 Å². The van der Waals surface area contributed by atoms with Crippen LogP contribution in [0.3, 0.4) is 0 Å². The van der Waals surface area contributed by atoms with Crippen LogP contribution in [0.4, 0.5) is 10.6 Å². The van der Waals surface area contributed by atoms with Crippen LogP contribution in [0.1, 0.15) is 25.6 Å². The van der Waals surface area contributed by atoms with E-state index in [4.69, 9.17) is 0 Å². The maximum absolute atomic E-state index is 11.4. The molecule has 1 aliphatic heterocycles. The lowest BCUT2D eigenvalue weighted by Crippen LogP contribution is -2.35. The van der Waals surface area contributed by atoms with Gasteiger partial charge in [-0.15, -0.1) is 15.3 Å². The van der Waals surface area contributed by atoms with E-state index in [9.17, 15) is 4.79 Å². The monoisotopic (exact) mass is 289 g/mol. The van der Waals surface area contributed by atoms with Crippen molar-refractivity contribution >= 4 is 17.5 Å². The fourth-order valence-electron chi connectivity index (χ4n) is 2.43. The zero-order valence-corrected chi connectivity index (χ0v) is 12.0. The molecule has 2 amide bonds. The fourth-order valence-corrected chi connectivity index (χ4v) is 2.43. The lowest BCUT2D eigenvalue weighted by atomic mass is 10.4. The first-order chi connectivity index (χ1) is 10.3. The number of carbonyl (C=O) groups excluding carboxylic acids is 1. The van der Waals surface area contributed by atoms with Crippen molar-refractivity contribution in [2.45, 2.75) is 26.3 Å². The van der Waals surface area contributed by atoms with Gasteiger partial charge >= 0.3 is 6.03 Å². The molecule has 0 spiro atoms. The maximum Gasteiger partial charge on any atom is 0.315 e. The SMILES string of the molecule is CCNC(=O)NCc1nnc2ccc(N3CCCC3)nn12. The van der Waals surface area contributed by atoms with Crippen molar-refractivity contribution in [2.75, 3.05) is 24.5 Å². The summed E-state index contributed by atoms with van der Waals surface area (Å²) in [6.45, 7) is 4.82. The van der Waals surface area contributed by atoms with Gasteiger partial charge in [-0.25, -0.2) is 4.79 Å². The number of fused-ring (bicyclic) bond motifs is 1. The maximum atomic E-state index is 11.4. The molecule has 1 saturated heterocycles. The van der Waals surface area contributed by atoms with Crippen molar-refractivity contribution in [3.8, 4) is 0 Å². The zero-order chi connectivity index (χ0) is 14.7. The van der Waals surface area contributed by atoms with Crippen molar-refractivity contribution in [1.82, 2.24) is 30.4 Å². The molecule has 21 heavy (non-hydrogen) atoms. The molecule has 0 aromatic carbocycles. The largest absolute Gasteiger partial charge is 0.355 e. The molecule has 3 rings (SSSR count). The molecule has 0 aliphatic carbocycles. The number of urea groups is 1. The second kappa shape index (κ2) is 5.94. The molecule has 112 valence electrons. The Labute approximate surface area is 122 Å². The summed E-state index contributed by atoms with van der Waals surface area (Å²) >= 11 is 0. The van der Waals surface area contributed by atoms with E-state index in [0.717, 1.165) is 18.9 Å². The van der Waals surface area contributed by atoms with Crippen LogP contribution in [-0.2, 0) is 6.54 Å². The minimum Gasteiger partial charge on any atom is -0.355 e. The van der Waals surface area contributed by atoms with Crippen LogP contribution in [0.25, 0.3) is 5.65 Å². The average Bonchev–Trinajstić information content (AvgIpc) is 3.14. The number of nitrogens with zero attached hydrogens (tertiary/aromatic N) is 5. The number of anilines is 1. The van der Waals surface area contributed by atoms with Crippen LogP contribution >= 0.6 is 0 Å². The molecule has 0 bridgehead atoms. The molecule has 0 atom stereocenters. The summed E-state index contributed by atoms with van der Waals surface area (Å²) in [6.07, 6.45) is 2.40. The van der Waals surface area contributed by atoms with Gasteiger partial charge in [-0.1, -0.05) is 0 Å². The van der Waals surface area contributed by atoms with Crippen LogP contribution in [0.5, 0.6) is 0 Å². The predicted octanol–water partition coefficient (Wildman–Crippen LogP) is 0.544. The standard InChI is InChI=1S/C13H19N7O/c1-2-14-13(21)15-9-12-17-16-10-5-6-11(18-20(10)12)19-7-3-4-8-19/h5-6H,2-4,7-9H2,1H3,(H2,14,15,21). The third kappa shape index (κ3) is 2.88. The number of hydrogen-bond donors (Lipinski definition) is 2. The van der Waals surface area contributed by atoms with Crippen molar-refractivity contribution in [2.24, 2.45) is 0 Å². The summed E-state index contributed by atoms with van der Waals surface area (Å²) in [7, 11) is 0. The van der Waals surface area contributed by atoms with Gasteiger partial charge in [0.25, 0.3) is 0 Å². The van der Waals surface area contributed by atoms with E-state index in [2.05, 4.69) is 30.8 Å². The number of amides is 2. The third-order valence-corrected chi connectivity index (χ3v) is 3.49. The molecule has 3 heterocycles. The Kier molecular flexibility index (Phi) is 3.85. The molecule has 1 aliphatic rings. The summed E-state index contributed by atoms with van der Waals surface area (Å²) in [5, 5.41) is 18.2. The summed E-state index contributed by atoms with van der Waals surface area (Å²) < 4.78 is 1.69. The Morgan fingerprint density at radius 2 is 2.05 bits per heavy atom. The van der Waals surface area contributed by atoms with Gasteiger partial charge in [0, 0.05) is 19.6 Å². The van der Waals surface area contributed by atoms with Crippen LogP contribution < -0.4 is 15.5 Å². The van der Waals surface area contributed by atoms with Gasteiger partial charge in [0.15, 0.2) is 11.5 Å². The minimum atomic E-state index is -0.218. The predicted molar refractivity (Wildman–Crippen MR) is 78.1 cm³/mol. The van der Waals surface area contributed by atoms with Crippen LogP contribution in [-0.4, -0.2) is 45.5 Å². The van der Waals surface area contributed by atoms with Crippen LogP contribution in [0.15, 0.2) is 12.1 Å². The van der Waals surface area contributed by atoms with E-state index in [1.54, 1.807) is 4.52 Å². The van der Waals surface area contributed by atoms with Gasteiger partial charge in [0.05, 0.1) is 6.54 Å². The van der Waals surface area contributed by atoms with E-state index in [1.165, 1.54) is 12.8 Å². The van der Waals surface area contributed by atoms with Crippen LogP contribution in [0, 0.1) is 0 Å². The number of carbonyl (C=O) groups is 1. The molecule has 2 aromatic rings. The summed E-state index contributed by atoms with van der Waals surface area (Å²) in [5.74, 6) is 1.55. The quantitative estimate of drug-likeness (QED) is 0.858. The fraction of sp³-hybridized carbons (Fsp3) is 0.538. The highest BCUT2D eigenvalue weighted by molar-refractivity contribution is 5.73. The highest BCUT2D eigenvalue weighted by Crippen LogP contribution is 2.17. The van der Waals surface area contributed by atoms with Gasteiger partial charge in [-0.3, -0.25) is 0 Å². The van der Waals surface area contributed by atoms with E-state index in [0.29, 0.717) is 24.6 Å². The first-order valence-corrected chi connectivity index (χ1v) is 7.26. The first kappa shape index (κ1) is 13.6. The van der Waals surface area contributed by atoms with E-state index in [1.807, 2.05) is 19.1 Å². The van der Waals surface area contributed by atoms with E-state index >= 15 is 0 Å². The highest BCUT2D eigenvalue weighted by atomic mass is 16.2. The highest BCUT2D eigenvalue weighted by Gasteiger charge is 2.15. The molecule has 8 nitrogen and oxygen atoms in total. The van der Waals surface area contributed by atoms with Gasteiger partial charge in [-0.2, -0.15) is 4.52 Å². The lowest BCUT2D eigenvalue weighted by molar-refractivity contribution is 0.240. The van der Waals surface area contributed by atoms with Crippen molar-refractivity contribution in [3.05, 3.63) is 18.0 Å². The molecule has 1 fully saturated rings. The summed E-state index contributed by atoms with van der Waals surface area (Å²) in [6, 6.07) is 3.66.